The molecule has 0 fully saturated rings. The average Bonchev–Trinajstić information content (AvgIpc) is 3.11. The zero-order chi connectivity index (χ0) is 22.3. The van der Waals surface area contributed by atoms with Crippen LogP contribution in [0.1, 0.15) is 10.4 Å². The number of halogens is 4. The molecule has 10 heteroatoms. The lowest BCUT2D eigenvalue weighted by molar-refractivity contribution is 0.102. The van der Waals surface area contributed by atoms with Gasteiger partial charge in [0.2, 0.25) is 0 Å². The molecule has 158 valence electrons. The summed E-state index contributed by atoms with van der Waals surface area (Å²) in [4.78, 5) is 24.6. The van der Waals surface area contributed by atoms with Crippen LogP contribution in [-0.4, -0.2) is 22.6 Å². The fraction of sp³-hybridized carbons (Fsp3) is 0.0476. The Bertz CT molecular complexity index is 1370. The van der Waals surface area contributed by atoms with E-state index < -0.39 is 51.5 Å². The Hall–Kier alpha value is -4.08. The van der Waals surface area contributed by atoms with Gasteiger partial charge in [0.05, 0.1) is 18.2 Å². The number of pyridine rings is 1. The summed E-state index contributed by atoms with van der Waals surface area (Å²) in [5.41, 5.74) is -3.68. The number of fused-ring (bicyclic) bond motifs is 1. The molecule has 4 rings (SSSR count). The third-order valence-corrected chi connectivity index (χ3v) is 4.65. The number of H-pyrrole nitrogens is 1. The maximum Gasteiger partial charge on any atom is 0.277 e. The summed E-state index contributed by atoms with van der Waals surface area (Å²) in [5.74, 6) is -8.07. The Morgan fingerprint density at radius 2 is 1.71 bits per heavy atom. The second-order valence-corrected chi connectivity index (χ2v) is 6.46. The fourth-order valence-corrected chi connectivity index (χ4v) is 3.19. The van der Waals surface area contributed by atoms with E-state index in [1.165, 1.54) is 54.2 Å². The molecule has 0 aliphatic carbocycles. The Morgan fingerprint density at radius 1 is 1.00 bits per heavy atom. The topological polar surface area (TPSA) is 75.6 Å². The van der Waals surface area contributed by atoms with E-state index in [1.807, 2.05) is 0 Å². The summed E-state index contributed by atoms with van der Waals surface area (Å²) in [6, 6.07) is 9.84. The molecule has 0 saturated heterocycles. The normalized spacial score (nSPS) is 11.0. The number of aromatic nitrogens is 2. The maximum absolute atomic E-state index is 14.7. The van der Waals surface area contributed by atoms with E-state index in [2.05, 4.69) is 5.10 Å². The highest BCUT2D eigenvalue weighted by atomic mass is 19.2. The minimum atomic E-state index is -1.81. The molecule has 6 nitrogen and oxygen atoms in total. The monoisotopic (exact) mass is 431 g/mol. The van der Waals surface area contributed by atoms with Gasteiger partial charge < -0.3 is 10.1 Å². The lowest BCUT2D eigenvalue weighted by Gasteiger charge is -2.13. The van der Waals surface area contributed by atoms with Gasteiger partial charge in [-0.1, -0.05) is 18.2 Å². The van der Waals surface area contributed by atoms with Gasteiger partial charge in [-0.15, -0.1) is 0 Å². The molecule has 0 aliphatic rings. The van der Waals surface area contributed by atoms with E-state index in [0.29, 0.717) is 0 Å². The molecule has 0 bridgehead atoms. The number of nitrogens with one attached hydrogen (secondary N) is 2. The lowest BCUT2D eigenvalue weighted by Crippen LogP contribution is -2.22. The largest absolute Gasteiger partial charge is 0.497 e. The minimum Gasteiger partial charge on any atom is -0.497 e. The number of carbonyl (C=O) groups excluding carboxylic acids is 1. The number of aromatic amines is 1. The SMILES string of the molecule is COc1cccc(-c2c(F)c(F)c(NC(=O)c3c(=O)[nH]n4ccccc34)c(F)c2F)c1. The van der Waals surface area contributed by atoms with E-state index >= 15 is 0 Å². The number of benzene rings is 2. The number of nitrogens with zero attached hydrogens (tertiary/aromatic N) is 1. The number of rotatable bonds is 4. The number of amides is 1. The molecule has 1 amide bonds. The van der Waals surface area contributed by atoms with E-state index in [4.69, 9.17) is 4.74 Å². The van der Waals surface area contributed by atoms with Crippen molar-refractivity contribution in [2.75, 3.05) is 12.4 Å². The third-order valence-electron chi connectivity index (χ3n) is 4.65. The van der Waals surface area contributed by atoms with Gasteiger partial charge in [-0.25, -0.2) is 17.6 Å². The van der Waals surface area contributed by atoms with Crippen LogP contribution < -0.4 is 15.6 Å². The smallest absolute Gasteiger partial charge is 0.277 e. The predicted octanol–water partition coefficient (Wildman–Crippen LogP) is 4.11. The van der Waals surface area contributed by atoms with Gasteiger partial charge in [-0.3, -0.25) is 19.2 Å². The molecule has 0 atom stereocenters. The van der Waals surface area contributed by atoms with Crippen LogP contribution >= 0.6 is 0 Å². The van der Waals surface area contributed by atoms with Crippen LogP contribution in [0.3, 0.4) is 0 Å². The summed E-state index contributed by atoms with van der Waals surface area (Å²) >= 11 is 0. The minimum absolute atomic E-state index is 0.111. The summed E-state index contributed by atoms with van der Waals surface area (Å²) in [5, 5.41) is 4.11. The van der Waals surface area contributed by atoms with Crippen molar-refractivity contribution in [1.82, 2.24) is 9.61 Å². The summed E-state index contributed by atoms with van der Waals surface area (Å²) in [7, 11) is 1.32. The summed E-state index contributed by atoms with van der Waals surface area (Å²) < 4.78 is 64.9. The number of ether oxygens (including phenoxy) is 1. The van der Waals surface area contributed by atoms with Crippen LogP contribution in [0.2, 0.25) is 0 Å². The molecule has 2 aromatic heterocycles. The first-order valence-corrected chi connectivity index (χ1v) is 8.84. The van der Waals surface area contributed by atoms with Crippen LogP contribution in [-0.2, 0) is 0 Å². The summed E-state index contributed by atoms with van der Waals surface area (Å²) in [6.07, 6.45) is 1.44. The van der Waals surface area contributed by atoms with Crippen LogP contribution in [0.5, 0.6) is 5.75 Å². The first-order chi connectivity index (χ1) is 14.8. The first-order valence-electron chi connectivity index (χ1n) is 8.84. The zero-order valence-corrected chi connectivity index (χ0v) is 15.8. The molecular formula is C21H13F4N3O3. The highest BCUT2D eigenvalue weighted by molar-refractivity contribution is 6.08. The molecule has 2 aromatic carbocycles. The molecule has 0 aliphatic heterocycles. The van der Waals surface area contributed by atoms with E-state index in [0.717, 1.165) is 0 Å². The van der Waals surface area contributed by atoms with Crippen molar-refractivity contribution >= 4 is 17.1 Å². The second kappa shape index (κ2) is 7.63. The highest BCUT2D eigenvalue weighted by Crippen LogP contribution is 2.36. The molecule has 4 aromatic rings. The van der Waals surface area contributed by atoms with Gasteiger partial charge in [0, 0.05) is 6.20 Å². The van der Waals surface area contributed by atoms with Gasteiger partial charge in [0.1, 0.15) is 17.0 Å². The number of hydrogen-bond donors (Lipinski definition) is 2. The molecule has 0 unspecified atom stereocenters. The average molecular weight is 431 g/mol. The maximum atomic E-state index is 14.7. The van der Waals surface area contributed by atoms with Gasteiger partial charge in [-0.2, -0.15) is 0 Å². The van der Waals surface area contributed by atoms with Gasteiger partial charge >= 0.3 is 0 Å². The van der Waals surface area contributed by atoms with Gasteiger partial charge in [0.25, 0.3) is 11.5 Å². The van der Waals surface area contributed by atoms with Gasteiger partial charge in [0.15, 0.2) is 23.3 Å². The summed E-state index contributed by atoms with van der Waals surface area (Å²) in [6.45, 7) is 0. The van der Waals surface area contributed by atoms with Crippen molar-refractivity contribution in [2.45, 2.75) is 0 Å². The van der Waals surface area contributed by atoms with Crippen molar-refractivity contribution in [1.29, 1.82) is 0 Å². The van der Waals surface area contributed by atoms with E-state index in [9.17, 15) is 27.2 Å². The standard InChI is InChI=1S/C21H13F4N3O3/c1-31-11-6-4-5-10(9-11)13-15(22)17(24)19(18(25)16(13)23)26-20(29)14-12-7-2-3-8-28(12)27-21(14)30/h2-9H,1H3,(H,26,29)(H,27,30). The highest BCUT2D eigenvalue weighted by Gasteiger charge is 2.29. The molecule has 0 saturated carbocycles. The molecule has 0 spiro atoms. The molecule has 31 heavy (non-hydrogen) atoms. The predicted molar refractivity (Wildman–Crippen MR) is 104 cm³/mol. The number of hydrogen-bond acceptors (Lipinski definition) is 3. The van der Waals surface area contributed by atoms with Crippen molar-refractivity contribution in [3.8, 4) is 16.9 Å². The molecule has 2 N–H and O–H groups in total. The van der Waals surface area contributed by atoms with Crippen LogP contribution in [0.25, 0.3) is 16.6 Å². The first kappa shape index (κ1) is 20.2. The van der Waals surface area contributed by atoms with Crippen LogP contribution in [0, 0.1) is 23.3 Å². The fourth-order valence-electron chi connectivity index (χ4n) is 3.19. The Kier molecular flexibility index (Phi) is 4.97. The van der Waals surface area contributed by atoms with Crippen LogP contribution in [0.15, 0.2) is 53.5 Å². The number of anilines is 1. The Morgan fingerprint density at radius 3 is 2.39 bits per heavy atom. The number of methoxy groups -OCH3 is 1. The quantitative estimate of drug-likeness (QED) is 0.377. The van der Waals surface area contributed by atoms with Crippen molar-refractivity contribution in [3.63, 3.8) is 0 Å². The van der Waals surface area contributed by atoms with E-state index in [1.54, 1.807) is 11.4 Å². The van der Waals surface area contributed by atoms with Crippen LogP contribution in [0.4, 0.5) is 23.2 Å². The Labute approximate surface area is 171 Å². The Balaban J connectivity index is 1.80. The van der Waals surface area contributed by atoms with Crippen molar-refractivity contribution in [2.24, 2.45) is 0 Å². The zero-order valence-electron chi connectivity index (χ0n) is 15.8. The molecule has 2 heterocycles. The lowest BCUT2D eigenvalue weighted by atomic mass is 10.0. The third kappa shape index (κ3) is 3.31. The molecular weight excluding hydrogens is 418 g/mol. The second-order valence-electron chi connectivity index (χ2n) is 6.46. The molecule has 0 radical (unpaired) electrons. The van der Waals surface area contributed by atoms with Gasteiger partial charge in [-0.05, 0) is 29.8 Å². The van der Waals surface area contributed by atoms with Crippen molar-refractivity contribution < 1.29 is 27.1 Å². The van der Waals surface area contributed by atoms with Crippen molar-refractivity contribution in [3.05, 3.63) is 87.8 Å². The number of carbonyl (C=O) groups is 1. The van der Waals surface area contributed by atoms with E-state index in [-0.39, 0.29) is 16.8 Å².